The van der Waals surface area contributed by atoms with Gasteiger partial charge in [0.05, 0.1) is 16.7 Å². The molecule has 1 aromatic carbocycles. The van der Waals surface area contributed by atoms with Crippen LogP contribution in [-0.2, 0) is 17.5 Å². The monoisotopic (exact) mass is 384 g/mol. The van der Waals surface area contributed by atoms with E-state index in [9.17, 15) is 37.7 Å². The van der Waals surface area contributed by atoms with E-state index < -0.39 is 51.8 Å². The Hall–Kier alpha value is -3.70. The number of rotatable bonds is 5. The van der Waals surface area contributed by atoms with Gasteiger partial charge in [-0.2, -0.15) is 13.2 Å². The number of carbonyl (C=O) groups is 2. The average Bonchev–Trinajstić information content (AvgIpc) is 2.55. The number of alkyl halides is 3. The summed E-state index contributed by atoms with van der Waals surface area (Å²) in [7, 11) is 0. The highest BCUT2D eigenvalue weighted by Gasteiger charge is 2.30. The van der Waals surface area contributed by atoms with Gasteiger partial charge in [-0.1, -0.05) is 0 Å². The van der Waals surface area contributed by atoms with E-state index in [2.05, 4.69) is 5.32 Å². The fourth-order valence-corrected chi connectivity index (χ4v) is 2.11. The van der Waals surface area contributed by atoms with Gasteiger partial charge in [0.25, 0.3) is 17.2 Å². The molecular formula is C15H11F3N4O5. The predicted molar refractivity (Wildman–Crippen MR) is 85.9 cm³/mol. The lowest BCUT2D eigenvalue weighted by Crippen LogP contribution is -2.33. The van der Waals surface area contributed by atoms with E-state index >= 15 is 0 Å². The van der Waals surface area contributed by atoms with Crippen LogP contribution in [0.4, 0.5) is 24.5 Å². The molecule has 142 valence electrons. The van der Waals surface area contributed by atoms with Crippen LogP contribution >= 0.6 is 0 Å². The molecule has 0 spiro atoms. The zero-order valence-electron chi connectivity index (χ0n) is 13.3. The molecule has 0 aliphatic rings. The Balaban J connectivity index is 2.24. The summed E-state index contributed by atoms with van der Waals surface area (Å²) in [6, 6.07) is 4.20. The van der Waals surface area contributed by atoms with E-state index in [1.54, 1.807) is 0 Å². The summed E-state index contributed by atoms with van der Waals surface area (Å²) in [4.78, 5) is 45.3. The van der Waals surface area contributed by atoms with Gasteiger partial charge in [0.2, 0.25) is 5.91 Å². The molecule has 9 nitrogen and oxygen atoms in total. The first kappa shape index (κ1) is 19.6. The van der Waals surface area contributed by atoms with Crippen LogP contribution in [0.15, 0.2) is 41.3 Å². The van der Waals surface area contributed by atoms with Crippen molar-refractivity contribution in [3.05, 3.63) is 68.1 Å². The van der Waals surface area contributed by atoms with Gasteiger partial charge in [0.15, 0.2) is 0 Å². The number of hydrogen-bond donors (Lipinski definition) is 2. The Morgan fingerprint density at radius 1 is 1.22 bits per heavy atom. The fraction of sp³-hybridized carbons (Fsp3) is 0.133. The Morgan fingerprint density at radius 2 is 1.81 bits per heavy atom. The van der Waals surface area contributed by atoms with Gasteiger partial charge in [-0.15, -0.1) is 0 Å². The number of carbonyl (C=O) groups excluding carboxylic acids is 2. The molecule has 0 aliphatic heterocycles. The van der Waals surface area contributed by atoms with Crippen LogP contribution in [0.3, 0.4) is 0 Å². The molecule has 3 N–H and O–H groups in total. The summed E-state index contributed by atoms with van der Waals surface area (Å²) in [6.45, 7) is -0.720. The first-order chi connectivity index (χ1) is 12.5. The number of benzene rings is 1. The summed E-state index contributed by atoms with van der Waals surface area (Å²) in [6.07, 6.45) is -3.79. The maximum absolute atomic E-state index is 12.5. The van der Waals surface area contributed by atoms with Gasteiger partial charge >= 0.3 is 6.18 Å². The minimum absolute atomic E-state index is 0.0154. The van der Waals surface area contributed by atoms with E-state index in [4.69, 9.17) is 5.73 Å². The van der Waals surface area contributed by atoms with Gasteiger partial charge in [-0.3, -0.25) is 29.1 Å². The number of nitrogens with two attached hydrogens (primary N) is 1. The molecule has 2 rings (SSSR count). The summed E-state index contributed by atoms with van der Waals surface area (Å²) in [5.74, 6) is -2.06. The maximum Gasteiger partial charge on any atom is 0.416 e. The summed E-state index contributed by atoms with van der Waals surface area (Å²) in [5, 5.41) is 13.1. The Labute approximate surface area is 148 Å². The van der Waals surface area contributed by atoms with Crippen LogP contribution in [0, 0.1) is 10.1 Å². The Bertz CT molecular complexity index is 967. The summed E-state index contributed by atoms with van der Waals surface area (Å²) >= 11 is 0. The van der Waals surface area contributed by atoms with Crippen molar-refractivity contribution < 1.29 is 27.7 Å². The second-order valence-electron chi connectivity index (χ2n) is 5.29. The first-order valence-corrected chi connectivity index (χ1v) is 7.15. The number of hydrogen-bond acceptors (Lipinski definition) is 5. The standard InChI is InChI=1S/C15H11F3N4O5/c16-15(17,18)8-1-3-9(4-2-8)20-12(23)7-21-6-10(22(26)27)5-11(13(19)24)14(21)25/h1-6H,7H2,(H2,19,24)(H,20,23). The number of primary amides is 1. The largest absolute Gasteiger partial charge is 0.416 e. The van der Waals surface area contributed by atoms with Crippen LogP contribution in [0.5, 0.6) is 0 Å². The van der Waals surface area contributed by atoms with Crippen molar-refractivity contribution in [3.63, 3.8) is 0 Å². The van der Waals surface area contributed by atoms with Gasteiger partial charge in [0, 0.05) is 11.8 Å². The third-order valence-electron chi connectivity index (χ3n) is 3.36. The minimum atomic E-state index is -4.54. The van der Waals surface area contributed by atoms with E-state index in [0.29, 0.717) is 10.6 Å². The predicted octanol–water partition coefficient (Wildman–Crippen LogP) is 1.51. The third-order valence-corrected chi connectivity index (χ3v) is 3.36. The SMILES string of the molecule is NC(=O)c1cc([N+](=O)[O-])cn(CC(=O)Nc2ccc(C(F)(F)F)cc2)c1=O. The highest BCUT2D eigenvalue weighted by Crippen LogP contribution is 2.29. The highest BCUT2D eigenvalue weighted by molar-refractivity contribution is 5.93. The minimum Gasteiger partial charge on any atom is -0.365 e. The molecule has 12 heteroatoms. The molecule has 0 aliphatic carbocycles. The highest BCUT2D eigenvalue weighted by atomic mass is 19.4. The first-order valence-electron chi connectivity index (χ1n) is 7.15. The molecule has 0 radical (unpaired) electrons. The van der Waals surface area contributed by atoms with Gasteiger partial charge < -0.3 is 11.1 Å². The molecule has 1 aromatic heterocycles. The lowest BCUT2D eigenvalue weighted by molar-refractivity contribution is -0.385. The van der Waals surface area contributed by atoms with Gasteiger partial charge in [0.1, 0.15) is 12.1 Å². The zero-order chi connectivity index (χ0) is 20.4. The molecule has 0 atom stereocenters. The van der Waals surface area contributed by atoms with Crippen LogP contribution in [0.1, 0.15) is 15.9 Å². The van der Waals surface area contributed by atoms with Crippen LogP contribution in [-0.4, -0.2) is 21.3 Å². The molecule has 0 unspecified atom stereocenters. The molecule has 2 amide bonds. The topological polar surface area (TPSA) is 137 Å². The number of nitro groups is 1. The van der Waals surface area contributed by atoms with Crippen molar-refractivity contribution in [2.75, 3.05) is 5.32 Å². The second kappa shape index (κ2) is 7.27. The third kappa shape index (κ3) is 4.68. The smallest absolute Gasteiger partial charge is 0.365 e. The summed E-state index contributed by atoms with van der Waals surface area (Å²) < 4.78 is 38.1. The molecule has 2 aromatic rings. The van der Waals surface area contributed by atoms with Crippen molar-refractivity contribution in [3.8, 4) is 0 Å². The molecular weight excluding hydrogens is 373 g/mol. The quantitative estimate of drug-likeness (QED) is 0.595. The van der Waals surface area contributed by atoms with E-state index in [1.807, 2.05) is 0 Å². The lowest BCUT2D eigenvalue weighted by atomic mass is 10.2. The molecule has 0 saturated carbocycles. The normalized spacial score (nSPS) is 11.1. The fourth-order valence-electron chi connectivity index (χ4n) is 2.11. The number of anilines is 1. The van der Waals surface area contributed by atoms with Crippen LogP contribution < -0.4 is 16.6 Å². The number of nitrogens with zero attached hydrogens (tertiary/aromatic N) is 2. The lowest BCUT2D eigenvalue weighted by Gasteiger charge is -2.10. The van der Waals surface area contributed by atoms with E-state index in [-0.39, 0.29) is 5.69 Å². The number of nitrogens with one attached hydrogen (secondary N) is 1. The summed E-state index contributed by atoms with van der Waals surface area (Å²) in [5.41, 5.74) is 1.76. The van der Waals surface area contributed by atoms with Crippen molar-refractivity contribution >= 4 is 23.2 Å². The van der Waals surface area contributed by atoms with Gasteiger partial charge in [-0.25, -0.2) is 0 Å². The van der Waals surface area contributed by atoms with Crippen molar-refractivity contribution in [2.24, 2.45) is 5.73 Å². The number of amides is 2. The molecule has 27 heavy (non-hydrogen) atoms. The molecule has 1 heterocycles. The number of halogens is 3. The Kier molecular flexibility index (Phi) is 5.28. The second-order valence-corrected chi connectivity index (χ2v) is 5.29. The Morgan fingerprint density at radius 3 is 2.30 bits per heavy atom. The van der Waals surface area contributed by atoms with Crippen molar-refractivity contribution in [2.45, 2.75) is 12.7 Å². The maximum atomic E-state index is 12.5. The molecule has 0 saturated heterocycles. The van der Waals surface area contributed by atoms with Crippen molar-refractivity contribution in [1.29, 1.82) is 0 Å². The average molecular weight is 384 g/mol. The molecule has 0 fully saturated rings. The van der Waals surface area contributed by atoms with E-state index in [1.165, 1.54) is 0 Å². The van der Waals surface area contributed by atoms with Crippen LogP contribution in [0.25, 0.3) is 0 Å². The zero-order valence-corrected chi connectivity index (χ0v) is 13.3. The number of pyridine rings is 1. The van der Waals surface area contributed by atoms with Gasteiger partial charge in [-0.05, 0) is 24.3 Å². The van der Waals surface area contributed by atoms with Crippen molar-refractivity contribution in [1.82, 2.24) is 4.57 Å². The number of aromatic nitrogens is 1. The molecule has 0 bridgehead atoms. The van der Waals surface area contributed by atoms with Crippen LogP contribution in [0.2, 0.25) is 0 Å². The van der Waals surface area contributed by atoms with E-state index in [0.717, 1.165) is 30.5 Å².